The third kappa shape index (κ3) is 1.72. The average Bonchev–Trinajstić information content (AvgIpc) is 2.69. The van der Waals surface area contributed by atoms with Gasteiger partial charge in [0.25, 0.3) is 0 Å². The molecule has 0 N–H and O–H groups in total. The Bertz CT molecular complexity index is 448. The smallest absolute Gasteiger partial charge is 0.221 e. The summed E-state index contributed by atoms with van der Waals surface area (Å²) < 4.78 is 0. The number of carbonyl (C=O) groups excluding carboxylic acids is 1. The molecular formula is C11H9NOS. The number of carbonyl (C=O) groups is 1. The Morgan fingerprint density at radius 2 is 2.29 bits per heavy atom. The Hall–Kier alpha value is -1.48. The van der Waals surface area contributed by atoms with E-state index in [1.54, 1.807) is 6.20 Å². The Morgan fingerprint density at radius 1 is 1.43 bits per heavy atom. The Kier molecular flexibility index (Phi) is 2.41. The van der Waals surface area contributed by atoms with Crippen molar-refractivity contribution >= 4 is 17.1 Å². The average molecular weight is 203 g/mol. The van der Waals surface area contributed by atoms with Crippen LogP contribution in [0.1, 0.15) is 20.9 Å². The minimum Gasteiger partial charge on any atom is -0.286 e. The van der Waals surface area contributed by atoms with E-state index in [0.29, 0.717) is 5.69 Å². The van der Waals surface area contributed by atoms with Gasteiger partial charge in [-0.25, -0.2) is 0 Å². The van der Waals surface area contributed by atoms with E-state index >= 15 is 0 Å². The lowest BCUT2D eigenvalue weighted by Crippen LogP contribution is -2.01. The van der Waals surface area contributed by atoms with Gasteiger partial charge < -0.3 is 0 Å². The summed E-state index contributed by atoms with van der Waals surface area (Å²) in [5, 5.41) is 1.89. The molecule has 0 fully saturated rings. The second-order valence-electron chi connectivity index (χ2n) is 3.02. The molecule has 14 heavy (non-hydrogen) atoms. The number of hydrogen-bond acceptors (Lipinski definition) is 3. The second kappa shape index (κ2) is 3.72. The SMILES string of the molecule is Cc1ccnc(C(=O)c2cccs2)c1. The Labute approximate surface area is 86.2 Å². The van der Waals surface area contributed by atoms with Gasteiger partial charge in [-0.15, -0.1) is 11.3 Å². The third-order valence-electron chi connectivity index (χ3n) is 1.89. The molecule has 70 valence electrons. The number of ketones is 1. The normalized spacial score (nSPS) is 10.1. The van der Waals surface area contributed by atoms with Gasteiger partial charge in [0.05, 0.1) is 4.88 Å². The summed E-state index contributed by atoms with van der Waals surface area (Å²) in [4.78, 5) is 16.6. The van der Waals surface area contributed by atoms with Gasteiger partial charge in [0.2, 0.25) is 5.78 Å². The zero-order valence-electron chi connectivity index (χ0n) is 7.73. The van der Waals surface area contributed by atoms with E-state index in [-0.39, 0.29) is 5.78 Å². The molecule has 0 aliphatic heterocycles. The van der Waals surface area contributed by atoms with Crippen molar-refractivity contribution in [3.05, 3.63) is 52.0 Å². The van der Waals surface area contributed by atoms with Gasteiger partial charge in [-0.05, 0) is 36.1 Å². The first-order chi connectivity index (χ1) is 6.77. The fourth-order valence-corrected chi connectivity index (χ4v) is 1.87. The predicted octanol–water partition coefficient (Wildman–Crippen LogP) is 2.68. The molecule has 2 aromatic rings. The van der Waals surface area contributed by atoms with Crippen molar-refractivity contribution in [1.82, 2.24) is 4.98 Å². The fraction of sp³-hybridized carbons (Fsp3) is 0.0909. The van der Waals surface area contributed by atoms with Crippen molar-refractivity contribution in [2.45, 2.75) is 6.92 Å². The van der Waals surface area contributed by atoms with Crippen molar-refractivity contribution in [2.24, 2.45) is 0 Å². The number of pyridine rings is 1. The maximum absolute atomic E-state index is 11.8. The van der Waals surface area contributed by atoms with E-state index < -0.39 is 0 Å². The van der Waals surface area contributed by atoms with Crippen molar-refractivity contribution in [2.75, 3.05) is 0 Å². The van der Waals surface area contributed by atoms with Gasteiger partial charge in [-0.3, -0.25) is 9.78 Å². The summed E-state index contributed by atoms with van der Waals surface area (Å²) in [6.07, 6.45) is 1.66. The van der Waals surface area contributed by atoms with E-state index in [1.807, 2.05) is 36.6 Å². The largest absolute Gasteiger partial charge is 0.286 e. The molecule has 3 heteroatoms. The van der Waals surface area contributed by atoms with Crippen LogP contribution in [0.5, 0.6) is 0 Å². The van der Waals surface area contributed by atoms with Crippen LogP contribution in [-0.2, 0) is 0 Å². The molecule has 2 heterocycles. The Balaban J connectivity index is 2.37. The summed E-state index contributed by atoms with van der Waals surface area (Å²) in [7, 11) is 0. The van der Waals surface area contributed by atoms with Gasteiger partial charge in [-0.2, -0.15) is 0 Å². The van der Waals surface area contributed by atoms with Crippen LogP contribution in [0.4, 0.5) is 0 Å². The molecule has 0 aliphatic rings. The van der Waals surface area contributed by atoms with Crippen LogP contribution in [0.3, 0.4) is 0 Å². The van der Waals surface area contributed by atoms with Gasteiger partial charge in [0.1, 0.15) is 5.69 Å². The molecule has 0 aromatic carbocycles. The first-order valence-electron chi connectivity index (χ1n) is 4.28. The second-order valence-corrected chi connectivity index (χ2v) is 3.97. The van der Waals surface area contributed by atoms with E-state index in [2.05, 4.69) is 4.98 Å². The number of hydrogen-bond donors (Lipinski definition) is 0. The number of aromatic nitrogens is 1. The van der Waals surface area contributed by atoms with Crippen molar-refractivity contribution < 1.29 is 4.79 Å². The van der Waals surface area contributed by atoms with Crippen LogP contribution >= 0.6 is 11.3 Å². The molecule has 0 saturated carbocycles. The van der Waals surface area contributed by atoms with Crippen LogP contribution in [0.2, 0.25) is 0 Å². The predicted molar refractivity (Wildman–Crippen MR) is 56.7 cm³/mol. The molecule has 2 aromatic heterocycles. The fourth-order valence-electron chi connectivity index (χ4n) is 1.19. The highest BCUT2D eigenvalue weighted by Gasteiger charge is 2.10. The van der Waals surface area contributed by atoms with Crippen molar-refractivity contribution in [3.8, 4) is 0 Å². The first kappa shape index (κ1) is 9.09. The van der Waals surface area contributed by atoms with Crippen LogP contribution in [0, 0.1) is 6.92 Å². The lowest BCUT2D eigenvalue weighted by molar-refractivity contribution is 0.103. The molecule has 0 radical (unpaired) electrons. The highest BCUT2D eigenvalue weighted by molar-refractivity contribution is 7.12. The monoisotopic (exact) mass is 203 g/mol. The van der Waals surface area contributed by atoms with Gasteiger partial charge in [0.15, 0.2) is 0 Å². The summed E-state index contributed by atoms with van der Waals surface area (Å²) in [5.74, 6) is 0.00343. The highest BCUT2D eigenvalue weighted by Crippen LogP contribution is 2.13. The Morgan fingerprint density at radius 3 is 2.93 bits per heavy atom. The number of thiophene rings is 1. The third-order valence-corrected chi connectivity index (χ3v) is 2.76. The first-order valence-corrected chi connectivity index (χ1v) is 5.16. The standard InChI is InChI=1S/C11H9NOS/c1-8-4-5-12-9(7-8)11(13)10-3-2-6-14-10/h2-7H,1H3. The zero-order chi connectivity index (χ0) is 9.97. The van der Waals surface area contributed by atoms with E-state index in [0.717, 1.165) is 10.4 Å². The maximum Gasteiger partial charge on any atom is 0.221 e. The molecule has 2 nitrogen and oxygen atoms in total. The lowest BCUT2D eigenvalue weighted by Gasteiger charge is -1.97. The maximum atomic E-state index is 11.8. The molecule has 0 unspecified atom stereocenters. The van der Waals surface area contributed by atoms with Gasteiger partial charge in [0, 0.05) is 6.20 Å². The lowest BCUT2D eigenvalue weighted by atomic mass is 10.2. The van der Waals surface area contributed by atoms with Gasteiger partial charge >= 0.3 is 0 Å². The van der Waals surface area contributed by atoms with Crippen LogP contribution in [-0.4, -0.2) is 10.8 Å². The molecule has 2 rings (SSSR count). The van der Waals surface area contributed by atoms with E-state index in [9.17, 15) is 4.79 Å². The number of rotatable bonds is 2. The molecule has 0 bridgehead atoms. The topological polar surface area (TPSA) is 30.0 Å². The molecule has 0 atom stereocenters. The number of aryl methyl sites for hydroxylation is 1. The minimum atomic E-state index is 0.00343. The zero-order valence-corrected chi connectivity index (χ0v) is 8.54. The molecular weight excluding hydrogens is 194 g/mol. The van der Waals surface area contributed by atoms with E-state index in [1.165, 1.54) is 11.3 Å². The molecule has 0 saturated heterocycles. The summed E-state index contributed by atoms with van der Waals surface area (Å²) in [6, 6.07) is 7.37. The molecule has 0 spiro atoms. The van der Waals surface area contributed by atoms with Crippen molar-refractivity contribution in [1.29, 1.82) is 0 Å². The van der Waals surface area contributed by atoms with Crippen LogP contribution in [0.25, 0.3) is 0 Å². The summed E-state index contributed by atoms with van der Waals surface area (Å²) >= 11 is 1.44. The van der Waals surface area contributed by atoms with Gasteiger partial charge in [-0.1, -0.05) is 6.07 Å². The molecule has 0 aliphatic carbocycles. The van der Waals surface area contributed by atoms with Crippen molar-refractivity contribution in [3.63, 3.8) is 0 Å². The van der Waals surface area contributed by atoms with Crippen LogP contribution < -0.4 is 0 Å². The van der Waals surface area contributed by atoms with E-state index in [4.69, 9.17) is 0 Å². The summed E-state index contributed by atoms with van der Waals surface area (Å²) in [5.41, 5.74) is 1.58. The van der Waals surface area contributed by atoms with Crippen LogP contribution in [0.15, 0.2) is 35.8 Å². The highest BCUT2D eigenvalue weighted by atomic mass is 32.1. The summed E-state index contributed by atoms with van der Waals surface area (Å²) in [6.45, 7) is 1.95. The number of nitrogens with zero attached hydrogens (tertiary/aromatic N) is 1. The minimum absolute atomic E-state index is 0.00343. The quantitative estimate of drug-likeness (QED) is 0.702. The molecule has 0 amide bonds.